The van der Waals surface area contributed by atoms with Crippen molar-refractivity contribution in [1.82, 2.24) is 5.32 Å². The molecule has 5 heteroatoms. The Hall–Kier alpha value is -1.49. The highest BCUT2D eigenvalue weighted by Gasteiger charge is 2.27. The van der Waals surface area contributed by atoms with E-state index < -0.39 is 23.1 Å². The molecule has 3 nitrogen and oxygen atoms in total. The Balaban J connectivity index is 2.78. The molecule has 0 heterocycles. The second-order valence-electron chi connectivity index (χ2n) is 4.58. The molecular formula is C14H19F2NO2. The van der Waals surface area contributed by atoms with Gasteiger partial charge in [-0.15, -0.1) is 0 Å². The molecule has 0 saturated carbocycles. The van der Waals surface area contributed by atoms with E-state index >= 15 is 0 Å². The number of amides is 1. The summed E-state index contributed by atoms with van der Waals surface area (Å²) in [7, 11) is 0. The first-order chi connectivity index (χ1) is 8.98. The van der Waals surface area contributed by atoms with Crippen LogP contribution in [0, 0.1) is 11.6 Å². The molecular weight excluding hydrogens is 252 g/mol. The first-order valence-electron chi connectivity index (χ1n) is 6.32. The SMILES string of the molecule is CCC(CC)(CO)NC(=O)Cc1cccc(F)c1F. The molecule has 0 saturated heterocycles. The number of hydrogen-bond donors (Lipinski definition) is 2. The molecule has 0 aromatic heterocycles. The van der Waals surface area contributed by atoms with Crippen molar-refractivity contribution in [2.45, 2.75) is 38.6 Å². The van der Waals surface area contributed by atoms with E-state index in [2.05, 4.69) is 5.32 Å². The van der Waals surface area contributed by atoms with Gasteiger partial charge in [0, 0.05) is 5.56 Å². The van der Waals surface area contributed by atoms with Gasteiger partial charge in [0.2, 0.25) is 5.91 Å². The summed E-state index contributed by atoms with van der Waals surface area (Å²) in [6, 6.07) is 3.74. The van der Waals surface area contributed by atoms with Crippen LogP contribution in [-0.4, -0.2) is 23.2 Å². The zero-order valence-corrected chi connectivity index (χ0v) is 11.2. The molecule has 19 heavy (non-hydrogen) atoms. The molecule has 106 valence electrons. The highest BCUT2D eigenvalue weighted by atomic mass is 19.2. The third kappa shape index (κ3) is 3.73. The van der Waals surface area contributed by atoms with Crippen molar-refractivity contribution in [3.8, 4) is 0 Å². The van der Waals surface area contributed by atoms with Crippen LogP contribution in [0.5, 0.6) is 0 Å². The van der Waals surface area contributed by atoms with Crippen molar-refractivity contribution >= 4 is 5.91 Å². The third-order valence-corrected chi connectivity index (χ3v) is 3.44. The zero-order valence-electron chi connectivity index (χ0n) is 11.2. The van der Waals surface area contributed by atoms with E-state index in [1.165, 1.54) is 12.1 Å². The van der Waals surface area contributed by atoms with E-state index in [0.717, 1.165) is 6.07 Å². The molecule has 1 aromatic carbocycles. The van der Waals surface area contributed by atoms with E-state index in [4.69, 9.17) is 0 Å². The minimum absolute atomic E-state index is 0.0107. The normalized spacial score (nSPS) is 11.4. The van der Waals surface area contributed by atoms with Gasteiger partial charge >= 0.3 is 0 Å². The monoisotopic (exact) mass is 271 g/mol. The Kier molecular flexibility index (Phi) is 5.42. The lowest BCUT2D eigenvalue weighted by molar-refractivity contribution is -0.123. The van der Waals surface area contributed by atoms with Crippen LogP contribution in [0.25, 0.3) is 0 Å². The Morgan fingerprint density at radius 1 is 1.32 bits per heavy atom. The number of rotatable bonds is 6. The van der Waals surface area contributed by atoms with Crippen LogP contribution in [0.2, 0.25) is 0 Å². The van der Waals surface area contributed by atoms with Gasteiger partial charge in [0.25, 0.3) is 0 Å². The minimum Gasteiger partial charge on any atom is -0.394 e. The van der Waals surface area contributed by atoms with Crippen molar-refractivity contribution in [1.29, 1.82) is 0 Å². The molecule has 0 atom stereocenters. The minimum atomic E-state index is -1.000. The number of carbonyl (C=O) groups excluding carboxylic acids is 1. The van der Waals surface area contributed by atoms with Gasteiger partial charge in [-0.05, 0) is 18.9 Å². The molecule has 0 unspecified atom stereocenters. The van der Waals surface area contributed by atoms with Gasteiger partial charge < -0.3 is 10.4 Å². The van der Waals surface area contributed by atoms with Crippen LogP contribution < -0.4 is 5.32 Å². The summed E-state index contributed by atoms with van der Waals surface area (Å²) in [6.07, 6.45) is 0.889. The molecule has 0 aliphatic rings. The van der Waals surface area contributed by atoms with E-state index in [-0.39, 0.29) is 18.6 Å². The quantitative estimate of drug-likeness (QED) is 0.833. The molecule has 1 rings (SSSR count). The number of halogens is 2. The summed E-state index contributed by atoms with van der Waals surface area (Å²) < 4.78 is 26.5. The average molecular weight is 271 g/mol. The molecule has 0 aliphatic carbocycles. The van der Waals surface area contributed by atoms with Gasteiger partial charge in [0.1, 0.15) is 0 Å². The third-order valence-electron chi connectivity index (χ3n) is 3.44. The van der Waals surface area contributed by atoms with Crippen molar-refractivity contribution in [2.75, 3.05) is 6.61 Å². The number of benzene rings is 1. The van der Waals surface area contributed by atoms with Gasteiger partial charge in [0.15, 0.2) is 11.6 Å². The zero-order chi connectivity index (χ0) is 14.5. The summed E-state index contributed by atoms with van der Waals surface area (Å²) in [5.74, 6) is -2.40. The van der Waals surface area contributed by atoms with E-state index in [9.17, 15) is 18.7 Å². The lowest BCUT2D eigenvalue weighted by atomic mass is 9.93. The second kappa shape index (κ2) is 6.61. The fourth-order valence-corrected chi connectivity index (χ4v) is 1.89. The van der Waals surface area contributed by atoms with E-state index in [0.29, 0.717) is 12.8 Å². The lowest BCUT2D eigenvalue weighted by Crippen LogP contribution is -2.51. The fourth-order valence-electron chi connectivity index (χ4n) is 1.89. The first-order valence-corrected chi connectivity index (χ1v) is 6.32. The van der Waals surface area contributed by atoms with Gasteiger partial charge in [-0.25, -0.2) is 8.78 Å². The van der Waals surface area contributed by atoms with Gasteiger partial charge in [-0.3, -0.25) is 4.79 Å². The molecule has 1 amide bonds. The average Bonchev–Trinajstić information content (AvgIpc) is 2.41. The number of hydrogen-bond acceptors (Lipinski definition) is 2. The predicted octanol–water partition coefficient (Wildman–Crippen LogP) is 2.17. The van der Waals surface area contributed by atoms with E-state index in [1.54, 1.807) is 0 Å². The molecule has 2 N–H and O–H groups in total. The Morgan fingerprint density at radius 2 is 1.95 bits per heavy atom. The largest absolute Gasteiger partial charge is 0.394 e. The molecule has 1 aromatic rings. The summed E-state index contributed by atoms with van der Waals surface area (Å²) in [4.78, 5) is 11.9. The molecule has 0 aliphatic heterocycles. The smallest absolute Gasteiger partial charge is 0.225 e. The Labute approximate surface area is 111 Å². The van der Waals surface area contributed by atoms with Crippen LogP contribution in [-0.2, 0) is 11.2 Å². The molecule has 0 radical (unpaired) electrons. The van der Waals surface area contributed by atoms with Crippen LogP contribution >= 0.6 is 0 Å². The molecule has 0 fully saturated rings. The summed E-state index contributed by atoms with van der Waals surface area (Å²) in [5.41, 5.74) is -0.683. The van der Waals surface area contributed by atoms with Crippen molar-refractivity contribution in [3.63, 3.8) is 0 Å². The van der Waals surface area contributed by atoms with Crippen LogP contribution in [0.3, 0.4) is 0 Å². The van der Waals surface area contributed by atoms with Crippen molar-refractivity contribution < 1.29 is 18.7 Å². The summed E-state index contributed by atoms with van der Waals surface area (Å²) in [6.45, 7) is 3.52. The van der Waals surface area contributed by atoms with Gasteiger partial charge in [-0.1, -0.05) is 26.0 Å². The fraction of sp³-hybridized carbons (Fsp3) is 0.500. The number of carbonyl (C=O) groups is 1. The molecule has 0 spiro atoms. The van der Waals surface area contributed by atoms with E-state index in [1.807, 2.05) is 13.8 Å². The Bertz CT molecular complexity index is 437. The highest BCUT2D eigenvalue weighted by Crippen LogP contribution is 2.16. The standard InChI is InChI=1S/C14H19F2NO2/c1-3-14(4-2,9-18)17-12(19)8-10-6-5-7-11(15)13(10)16/h5-7,18H,3-4,8-9H2,1-2H3,(H,17,19). The summed E-state index contributed by atoms with van der Waals surface area (Å²) >= 11 is 0. The maximum atomic E-state index is 13.4. The van der Waals surface area contributed by atoms with Crippen LogP contribution in [0.1, 0.15) is 32.3 Å². The number of aliphatic hydroxyl groups excluding tert-OH is 1. The number of aliphatic hydroxyl groups is 1. The Morgan fingerprint density at radius 3 is 2.47 bits per heavy atom. The molecule has 0 bridgehead atoms. The second-order valence-corrected chi connectivity index (χ2v) is 4.58. The van der Waals surface area contributed by atoms with Gasteiger partial charge in [-0.2, -0.15) is 0 Å². The van der Waals surface area contributed by atoms with Crippen LogP contribution in [0.15, 0.2) is 18.2 Å². The van der Waals surface area contributed by atoms with Crippen LogP contribution in [0.4, 0.5) is 8.78 Å². The maximum absolute atomic E-state index is 13.4. The number of nitrogens with one attached hydrogen (secondary N) is 1. The van der Waals surface area contributed by atoms with Gasteiger partial charge in [0.05, 0.1) is 18.6 Å². The van der Waals surface area contributed by atoms with Crippen molar-refractivity contribution in [2.24, 2.45) is 0 Å². The summed E-state index contributed by atoms with van der Waals surface area (Å²) in [5, 5.41) is 12.0. The topological polar surface area (TPSA) is 49.3 Å². The lowest BCUT2D eigenvalue weighted by Gasteiger charge is -2.30. The van der Waals surface area contributed by atoms with Crippen molar-refractivity contribution in [3.05, 3.63) is 35.4 Å². The maximum Gasteiger partial charge on any atom is 0.225 e. The highest BCUT2D eigenvalue weighted by molar-refractivity contribution is 5.79. The first kappa shape index (κ1) is 15.6. The predicted molar refractivity (Wildman–Crippen MR) is 68.6 cm³/mol.